The smallest absolute Gasteiger partial charge is 0.306 e. The van der Waals surface area contributed by atoms with Crippen LogP contribution >= 0.6 is 0 Å². The molecule has 0 amide bonds. The number of carboxylic acid groups (broad SMARTS) is 1. The van der Waals surface area contributed by atoms with Crippen LogP contribution in [0.15, 0.2) is 18.2 Å². The van der Waals surface area contributed by atoms with Gasteiger partial charge in [0.05, 0.1) is 5.92 Å². The zero-order valence-electron chi connectivity index (χ0n) is 13.3. The standard InChI is InChI=1S/C18H25NO3/c1-13(18(20)21)11-16-4-2-3-15-5-8-19(17(15)16)12-14-6-9-22-10-7-14/h2-4,13-14H,5-12H2,1H3,(H,20,21). The van der Waals surface area contributed by atoms with Crippen LogP contribution in [-0.2, 0) is 22.4 Å². The lowest BCUT2D eigenvalue weighted by molar-refractivity contribution is -0.141. The first-order valence-corrected chi connectivity index (χ1v) is 8.31. The molecule has 2 aliphatic rings. The Morgan fingerprint density at radius 2 is 2.18 bits per heavy atom. The quantitative estimate of drug-likeness (QED) is 0.908. The Balaban J connectivity index is 1.77. The first-order valence-electron chi connectivity index (χ1n) is 8.31. The maximum Gasteiger partial charge on any atom is 0.306 e. The van der Waals surface area contributed by atoms with Gasteiger partial charge in [-0.15, -0.1) is 0 Å². The third-order valence-corrected chi connectivity index (χ3v) is 4.94. The van der Waals surface area contributed by atoms with Gasteiger partial charge in [0.2, 0.25) is 0 Å². The van der Waals surface area contributed by atoms with Gasteiger partial charge in [-0.3, -0.25) is 4.79 Å². The molecule has 3 rings (SSSR count). The molecule has 22 heavy (non-hydrogen) atoms. The van der Waals surface area contributed by atoms with Crippen molar-refractivity contribution in [1.29, 1.82) is 0 Å². The molecule has 1 saturated heterocycles. The van der Waals surface area contributed by atoms with Crippen LogP contribution in [0.4, 0.5) is 5.69 Å². The number of aliphatic carboxylic acids is 1. The van der Waals surface area contributed by atoms with Gasteiger partial charge in [0, 0.05) is 32.0 Å². The van der Waals surface area contributed by atoms with Gasteiger partial charge in [0.15, 0.2) is 0 Å². The van der Waals surface area contributed by atoms with Crippen molar-refractivity contribution < 1.29 is 14.6 Å². The molecule has 4 heteroatoms. The molecule has 4 nitrogen and oxygen atoms in total. The van der Waals surface area contributed by atoms with Gasteiger partial charge in [-0.05, 0) is 42.7 Å². The van der Waals surface area contributed by atoms with Crippen LogP contribution in [0.1, 0.15) is 30.9 Å². The summed E-state index contributed by atoms with van der Waals surface area (Å²) >= 11 is 0. The van der Waals surface area contributed by atoms with E-state index in [1.807, 2.05) is 0 Å². The Morgan fingerprint density at radius 3 is 2.91 bits per heavy atom. The maximum absolute atomic E-state index is 11.2. The van der Waals surface area contributed by atoms with E-state index in [0.717, 1.165) is 45.6 Å². The molecule has 0 bridgehead atoms. The highest BCUT2D eigenvalue weighted by molar-refractivity contribution is 5.71. The Hall–Kier alpha value is -1.55. The van der Waals surface area contributed by atoms with Crippen LogP contribution in [0.5, 0.6) is 0 Å². The summed E-state index contributed by atoms with van der Waals surface area (Å²) in [5, 5.41) is 9.19. The lowest BCUT2D eigenvalue weighted by atomic mass is 9.96. The normalized spacial score (nSPS) is 20.0. The zero-order valence-corrected chi connectivity index (χ0v) is 13.3. The second-order valence-electron chi connectivity index (χ2n) is 6.62. The summed E-state index contributed by atoms with van der Waals surface area (Å²) in [5.74, 6) is -0.353. The highest BCUT2D eigenvalue weighted by atomic mass is 16.5. The van der Waals surface area contributed by atoms with Gasteiger partial charge < -0.3 is 14.7 Å². The largest absolute Gasteiger partial charge is 0.481 e. The average Bonchev–Trinajstić information content (AvgIpc) is 2.92. The number of ether oxygens (including phenoxy) is 1. The number of rotatable bonds is 5. The van der Waals surface area contributed by atoms with E-state index in [4.69, 9.17) is 4.74 Å². The average molecular weight is 303 g/mol. The lowest BCUT2D eigenvalue weighted by Gasteiger charge is -2.30. The molecule has 120 valence electrons. The molecule has 0 aliphatic carbocycles. The number of carbonyl (C=O) groups is 1. The van der Waals surface area contributed by atoms with Crippen molar-refractivity contribution in [3.05, 3.63) is 29.3 Å². The Kier molecular flexibility index (Phi) is 4.67. The molecule has 2 aliphatic heterocycles. The second kappa shape index (κ2) is 6.69. The van der Waals surface area contributed by atoms with Crippen LogP contribution in [0.3, 0.4) is 0 Å². The predicted octanol–water partition coefficient (Wildman–Crippen LogP) is 2.74. The first kappa shape index (κ1) is 15.3. The third kappa shape index (κ3) is 3.27. The van der Waals surface area contributed by atoms with E-state index in [-0.39, 0.29) is 5.92 Å². The second-order valence-corrected chi connectivity index (χ2v) is 6.62. The van der Waals surface area contributed by atoms with Gasteiger partial charge in [0.25, 0.3) is 0 Å². The molecule has 2 heterocycles. The Bertz CT molecular complexity index is 537. The number of hydrogen-bond acceptors (Lipinski definition) is 3. The Morgan fingerprint density at radius 1 is 1.41 bits per heavy atom. The van der Waals surface area contributed by atoms with Crippen molar-refractivity contribution in [2.75, 3.05) is 31.2 Å². The number of benzene rings is 1. The summed E-state index contributed by atoms with van der Waals surface area (Å²) < 4.78 is 5.45. The summed E-state index contributed by atoms with van der Waals surface area (Å²) in [5.41, 5.74) is 3.88. The lowest BCUT2D eigenvalue weighted by Crippen LogP contribution is -2.31. The molecule has 0 radical (unpaired) electrons. The van der Waals surface area contributed by atoms with E-state index in [9.17, 15) is 9.90 Å². The fraction of sp³-hybridized carbons (Fsp3) is 0.611. The molecule has 1 aromatic rings. The number of anilines is 1. The van der Waals surface area contributed by atoms with E-state index < -0.39 is 5.97 Å². The molecule has 1 unspecified atom stereocenters. The minimum absolute atomic E-state index is 0.336. The van der Waals surface area contributed by atoms with Crippen molar-refractivity contribution in [1.82, 2.24) is 0 Å². The first-order chi connectivity index (χ1) is 10.6. The van der Waals surface area contributed by atoms with E-state index in [1.165, 1.54) is 16.8 Å². The van der Waals surface area contributed by atoms with Crippen molar-refractivity contribution in [3.63, 3.8) is 0 Å². The van der Waals surface area contributed by atoms with E-state index in [1.54, 1.807) is 6.92 Å². The van der Waals surface area contributed by atoms with Crippen LogP contribution in [0.25, 0.3) is 0 Å². The van der Waals surface area contributed by atoms with Crippen molar-refractivity contribution >= 4 is 11.7 Å². The molecule has 1 fully saturated rings. The number of nitrogens with zero attached hydrogens (tertiary/aromatic N) is 1. The number of fused-ring (bicyclic) bond motifs is 1. The van der Waals surface area contributed by atoms with Gasteiger partial charge in [0.1, 0.15) is 0 Å². The van der Waals surface area contributed by atoms with Gasteiger partial charge in [-0.1, -0.05) is 25.1 Å². The fourth-order valence-corrected chi connectivity index (χ4v) is 3.62. The van der Waals surface area contributed by atoms with Gasteiger partial charge in [-0.2, -0.15) is 0 Å². The summed E-state index contributed by atoms with van der Waals surface area (Å²) in [6.07, 6.45) is 3.97. The molecule has 0 saturated carbocycles. The fourth-order valence-electron chi connectivity index (χ4n) is 3.62. The maximum atomic E-state index is 11.2. The molecular formula is C18H25NO3. The summed E-state index contributed by atoms with van der Waals surface area (Å²) in [7, 11) is 0. The van der Waals surface area contributed by atoms with Crippen molar-refractivity contribution in [2.45, 2.75) is 32.6 Å². The summed E-state index contributed by atoms with van der Waals surface area (Å²) in [4.78, 5) is 13.7. The molecule has 1 aromatic carbocycles. The van der Waals surface area contributed by atoms with Crippen molar-refractivity contribution in [3.8, 4) is 0 Å². The van der Waals surface area contributed by atoms with Crippen LogP contribution < -0.4 is 4.90 Å². The Labute approximate surface area is 132 Å². The highest BCUT2D eigenvalue weighted by Gasteiger charge is 2.26. The molecule has 1 atom stereocenters. The number of carboxylic acids is 1. The van der Waals surface area contributed by atoms with Gasteiger partial charge in [-0.25, -0.2) is 0 Å². The van der Waals surface area contributed by atoms with Crippen molar-refractivity contribution in [2.24, 2.45) is 11.8 Å². The SMILES string of the molecule is CC(Cc1cccc2c1N(CC1CCOCC1)CC2)C(=O)O. The highest BCUT2D eigenvalue weighted by Crippen LogP contribution is 2.34. The van der Waals surface area contributed by atoms with Crippen LogP contribution in [-0.4, -0.2) is 37.4 Å². The van der Waals surface area contributed by atoms with Gasteiger partial charge >= 0.3 is 5.97 Å². The van der Waals surface area contributed by atoms with E-state index >= 15 is 0 Å². The minimum Gasteiger partial charge on any atom is -0.481 e. The predicted molar refractivity (Wildman–Crippen MR) is 86.4 cm³/mol. The number of para-hydroxylation sites is 1. The molecular weight excluding hydrogens is 278 g/mol. The summed E-state index contributed by atoms with van der Waals surface area (Å²) in [6.45, 7) is 5.69. The number of hydrogen-bond donors (Lipinski definition) is 1. The molecule has 0 spiro atoms. The summed E-state index contributed by atoms with van der Waals surface area (Å²) in [6, 6.07) is 6.36. The van der Waals surface area contributed by atoms with E-state index in [2.05, 4.69) is 23.1 Å². The molecule has 0 aromatic heterocycles. The monoisotopic (exact) mass is 303 g/mol. The van der Waals surface area contributed by atoms with Crippen LogP contribution in [0.2, 0.25) is 0 Å². The van der Waals surface area contributed by atoms with Crippen LogP contribution in [0, 0.1) is 11.8 Å². The third-order valence-electron chi connectivity index (χ3n) is 4.94. The van der Waals surface area contributed by atoms with E-state index in [0.29, 0.717) is 12.3 Å². The topological polar surface area (TPSA) is 49.8 Å². The minimum atomic E-state index is -0.716. The zero-order chi connectivity index (χ0) is 15.5. The molecule has 1 N–H and O–H groups in total.